The molecule has 0 aromatic heterocycles. The van der Waals surface area contributed by atoms with E-state index in [-0.39, 0.29) is 36.8 Å². The average molecular weight is 465 g/mol. The number of fused-ring (bicyclic) bond motifs is 3. The average Bonchev–Trinajstić information content (AvgIpc) is 3.39. The molecule has 3 unspecified atom stereocenters. The molecule has 0 saturated heterocycles. The number of ether oxygens (including phenoxy) is 1. The maximum Gasteiger partial charge on any atom is 0.407 e. The van der Waals surface area contributed by atoms with Crippen LogP contribution in [0.2, 0.25) is 0 Å². The van der Waals surface area contributed by atoms with E-state index in [9.17, 15) is 14.4 Å². The van der Waals surface area contributed by atoms with E-state index < -0.39 is 24.0 Å². The lowest BCUT2D eigenvalue weighted by Crippen LogP contribution is -2.48. The zero-order valence-corrected chi connectivity index (χ0v) is 19.6. The molecular weight excluding hydrogens is 432 g/mol. The molecular formula is C27H32N2O5. The summed E-state index contributed by atoms with van der Waals surface area (Å²) in [6, 6.07) is 15.6. The maximum absolute atomic E-state index is 12.9. The van der Waals surface area contributed by atoms with Crippen molar-refractivity contribution in [1.29, 1.82) is 0 Å². The SMILES string of the molecule is CC(C)C(CC(=O)O)NC(=O)C1CCCC1NC(=O)OCC1c2ccccc2-c2ccccc21. The predicted octanol–water partition coefficient (Wildman–Crippen LogP) is 4.31. The minimum atomic E-state index is -0.946. The lowest BCUT2D eigenvalue weighted by molar-refractivity contribution is -0.138. The highest BCUT2D eigenvalue weighted by Gasteiger charge is 2.36. The third kappa shape index (κ3) is 5.08. The number of nitrogens with one attached hydrogen (secondary N) is 2. The molecule has 2 amide bonds. The molecule has 180 valence electrons. The van der Waals surface area contributed by atoms with Crippen LogP contribution in [0.3, 0.4) is 0 Å². The second-order valence-electron chi connectivity index (χ2n) is 9.57. The second-order valence-corrected chi connectivity index (χ2v) is 9.57. The van der Waals surface area contributed by atoms with Crippen LogP contribution in [0.15, 0.2) is 48.5 Å². The third-order valence-electron chi connectivity index (χ3n) is 7.03. The molecule has 1 fully saturated rings. The quantitative estimate of drug-likeness (QED) is 0.540. The van der Waals surface area contributed by atoms with Crippen LogP contribution >= 0.6 is 0 Å². The van der Waals surface area contributed by atoms with E-state index in [2.05, 4.69) is 34.9 Å². The first-order valence-corrected chi connectivity index (χ1v) is 12.0. The lowest BCUT2D eigenvalue weighted by Gasteiger charge is -2.25. The van der Waals surface area contributed by atoms with Gasteiger partial charge in [-0.3, -0.25) is 9.59 Å². The first-order chi connectivity index (χ1) is 16.3. The summed E-state index contributed by atoms with van der Waals surface area (Å²) < 4.78 is 5.64. The molecule has 7 nitrogen and oxygen atoms in total. The number of hydrogen-bond donors (Lipinski definition) is 3. The Balaban J connectivity index is 1.36. The van der Waals surface area contributed by atoms with Gasteiger partial charge in [0.15, 0.2) is 0 Å². The normalized spacial score (nSPS) is 19.9. The fourth-order valence-electron chi connectivity index (χ4n) is 5.17. The molecule has 2 aromatic rings. The fraction of sp³-hybridized carbons (Fsp3) is 0.444. The summed E-state index contributed by atoms with van der Waals surface area (Å²) >= 11 is 0. The van der Waals surface area contributed by atoms with Gasteiger partial charge in [-0.2, -0.15) is 0 Å². The smallest absolute Gasteiger partial charge is 0.407 e. The van der Waals surface area contributed by atoms with Crippen molar-refractivity contribution in [3.63, 3.8) is 0 Å². The van der Waals surface area contributed by atoms with Gasteiger partial charge >= 0.3 is 12.1 Å². The van der Waals surface area contributed by atoms with Crippen molar-refractivity contribution in [3.05, 3.63) is 59.7 Å². The highest BCUT2D eigenvalue weighted by Crippen LogP contribution is 2.44. The van der Waals surface area contributed by atoms with Crippen molar-refractivity contribution in [2.75, 3.05) is 6.61 Å². The Morgan fingerprint density at radius 3 is 2.21 bits per heavy atom. The highest BCUT2D eigenvalue weighted by atomic mass is 16.5. The zero-order chi connectivity index (χ0) is 24.2. The summed E-state index contributed by atoms with van der Waals surface area (Å²) in [5.41, 5.74) is 4.63. The topological polar surface area (TPSA) is 105 Å². The van der Waals surface area contributed by atoms with E-state index in [0.29, 0.717) is 12.8 Å². The van der Waals surface area contributed by atoms with Gasteiger partial charge in [0.25, 0.3) is 0 Å². The molecule has 0 spiro atoms. The summed E-state index contributed by atoms with van der Waals surface area (Å²) in [6.07, 6.45) is 1.50. The van der Waals surface area contributed by atoms with Crippen LogP contribution in [0.5, 0.6) is 0 Å². The minimum Gasteiger partial charge on any atom is -0.481 e. The third-order valence-corrected chi connectivity index (χ3v) is 7.03. The molecule has 0 bridgehead atoms. The summed E-state index contributed by atoms with van der Waals surface area (Å²) in [5.74, 6) is -1.57. The molecule has 7 heteroatoms. The Morgan fingerprint density at radius 1 is 1.00 bits per heavy atom. The molecule has 34 heavy (non-hydrogen) atoms. The number of carboxylic acids is 1. The number of rotatable bonds is 8. The fourth-order valence-corrected chi connectivity index (χ4v) is 5.17. The van der Waals surface area contributed by atoms with Gasteiger partial charge in [-0.15, -0.1) is 0 Å². The van der Waals surface area contributed by atoms with Crippen molar-refractivity contribution in [2.24, 2.45) is 11.8 Å². The zero-order valence-electron chi connectivity index (χ0n) is 19.6. The molecule has 2 aromatic carbocycles. The predicted molar refractivity (Wildman–Crippen MR) is 128 cm³/mol. The van der Waals surface area contributed by atoms with Crippen molar-refractivity contribution in [3.8, 4) is 11.1 Å². The molecule has 0 radical (unpaired) electrons. The van der Waals surface area contributed by atoms with Gasteiger partial charge in [-0.05, 0) is 41.0 Å². The summed E-state index contributed by atoms with van der Waals surface area (Å²) in [5, 5.41) is 14.9. The summed E-state index contributed by atoms with van der Waals surface area (Å²) in [7, 11) is 0. The van der Waals surface area contributed by atoms with E-state index in [1.807, 2.05) is 38.1 Å². The van der Waals surface area contributed by atoms with Crippen LogP contribution in [0.4, 0.5) is 4.79 Å². The largest absolute Gasteiger partial charge is 0.481 e. The monoisotopic (exact) mass is 464 g/mol. The summed E-state index contributed by atoms with van der Waals surface area (Å²) in [4.78, 5) is 36.7. The number of carboxylic acid groups (broad SMARTS) is 1. The standard InChI is InChI=1S/C27H32N2O5/c1-16(2)24(14-25(30)31)28-26(32)21-12-7-13-23(21)29-27(33)34-15-22-19-10-5-3-8-17(19)18-9-4-6-11-20(18)22/h3-6,8-11,16,21-24H,7,12-15H2,1-2H3,(H,28,32)(H,29,33)(H,30,31). The Kier molecular flexibility index (Phi) is 7.20. The van der Waals surface area contributed by atoms with E-state index in [0.717, 1.165) is 17.5 Å². The van der Waals surface area contributed by atoms with Gasteiger partial charge in [-0.25, -0.2) is 4.79 Å². The van der Waals surface area contributed by atoms with Gasteiger partial charge in [0.05, 0.1) is 12.3 Å². The van der Waals surface area contributed by atoms with Crippen molar-refractivity contribution in [2.45, 2.75) is 57.5 Å². The lowest BCUT2D eigenvalue weighted by atomic mass is 9.97. The van der Waals surface area contributed by atoms with Gasteiger partial charge in [0.2, 0.25) is 5.91 Å². The van der Waals surface area contributed by atoms with Crippen LogP contribution in [-0.2, 0) is 14.3 Å². The second kappa shape index (κ2) is 10.3. The van der Waals surface area contributed by atoms with Crippen LogP contribution in [-0.4, -0.2) is 41.8 Å². The van der Waals surface area contributed by atoms with Gasteiger partial charge in [-0.1, -0.05) is 68.8 Å². The Bertz CT molecular complexity index is 1020. The van der Waals surface area contributed by atoms with Crippen LogP contribution in [0.25, 0.3) is 11.1 Å². The first-order valence-electron chi connectivity index (χ1n) is 12.0. The van der Waals surface area contributed by atoms with Gasteiger partial charge in [0, 0.05) is 18.0 Å². The number of carbonyl (C=O) groups excluding carboxylic acids is 2. The van der Waals surface area contributed by atoms with Crippen molar-refractivity contribution >= 4 is 18.0 Å². The van der Waals surface area contributed by atoms with Crippen molar-refractivity contribution in [1.82, 2.24) is 10.6 Å². The Hall–Kier alpha value is -3.35. The van der Waals surface area contributed by atoms with Crippen LogP contribution < -0.4 is 10.6 Å². The molecule has 2 aliphatic carbocycles. The first kappa shape index (κ1) is 23.8. The molecule has 3 N–H and O–H groups in total. The highest BCUT2D eigenvalue weighted by molar-refractivity contribution is 5.82. The Morgan fingerprint density at radius 2 is 1.62 bits per heavy atom. The molecule has 1 saturated carbocycles. The molecule has 2 aliphatic rings. The maximum atomic E-state index is 12.9. The molecule has 3 atom stereocenters. The van der Waals surface area contributed by atoms with Crippen LogP contribution in [0.1, 0.15) is 56.6 Å². The van der Waals surface area contributed by atoms with E-state index in [1.165, 1.54) is 11.1 Å². The number of aliphatic carboxylic acids is 1. The number of hydrogen-bond acceptors (Lipinski definition) is 4. The number of alkyl carbamates (subject to hydrolysis) is 1. The van der Waals surface area contributed by atoms with E-state index in [1.54, 1.807) is 0 Å². The molecule has 0 heterocycles. The van der Waals surface area contributed by atoms with E-state index >= 15 is 0 Å². The molecule has 0 aliphatic heterocycles. The van der Waals surface area contributed by atoms with Gasteiger partial charge < -0.3 is 20.5 Å². The number of benzene rings is 2. The van der Waals surface area contributed by atoms with Gasteiger partial charge in [0.1, 0.15) is 6.61 Å². The Labute approximate surface area is 199 Å². The van der Waals surface area contributed by atoms with E-state index in [4.69, 9.17) is 9.84 Å². The van der Waals surface area contributed by atoms with Crippen molar-refractivity contribution < 1.29 is 24.2 Å². The summed E-state index contributed by atoms with van der Waals surface area (Å²) in [6.45, 7) is 3.99. The minimum absolute atomic E-state index is 0.00463. The van der Waals surface area contributed by atoms with Crippen LogP contribution in [0, 0.1) is 11.8 Å². The number of carbonyl (C=O) groups is 3. The molecule has 4 rings (SSSR count). The number of amides is 2.